The number of fused-ring (bicyclic) bond motifs is 1. The van der Waals surface area contributed by atoms with Gasteiger partial charge in [0, 0.05) is 25.6 Å². The Hall–Kier alpha value is -3.58. The quantitative estimate of drug-likeness (QED) is 0.416. The van der Waals surface area contributed by atoms with Gasteiger partial charge in [-0.15, -0.1) is 0 Å². The number of carbonyl (C=O) groups is 1. The third kappa shape index (κ3) is 4.88. The molecule has 1 fully saturated rings. The van der Waals surface area contributed by atoms with Gasteiger partial charge in [0.25, 0.3) is 0 Å². The number of nitrogens with zero attached hydrogens (tertiary/aromatic N) is 1. The third-order valence-electron chi connectivity index (χ3n) is 6.88. The number of rotatable bonds is 9. The molecule has 3 aromatic carbocycles. The molecule has 3 aromatic rings. The van der Waals surface area contributed by atoms with Crippen LogP contribution in [0.4, 0.5) is 4.39 Å². The van der Waals surface area contributed by atoms with E-state index < -0.39 is 12.0 Å². The lowest BCUT2D eigenvalue weighted by molar-refractivity contribution is 0.0668. The van der Waals surface area contributed by atoms with Crippen LogP contribution in [0.25, 0.3) is 0 Å². The lowest BCUT2D eigenvalue weighted by atomic mass is 9.81. The Morgan fingerprint density at radius 3 is 2.36 bits per heavy atom. The molecule has 0 aliphatic carbocycles. The van der Waals surface area contributed by atoms with Crippen molar-refractivity contribution in [3.63, 3.8) is 0 Å². The first-order chi connectivity index (χ1) is 17.6. The molecule has 0 N–H and O–H groups in total. The second-order valence-corrected chi connectivity index (χ2v) is 9.22. The van der Waals surface area contributed by atoms with Crippen molar-refractivity contribution in [1.82, 2.24) is 4.90 Å². The maximum absolute atomic E-state index is 13.8. The minimum absolute atomic E-state index is 0.0325. The van der Waals surface area contributed by atoms with Crippen molar-refractivity contribution < 1.29 is 28.1 Å². The Kier molecular flexibility index (Phi) is 7.09. The molecule has 0 bridgehead atoms. The summed E-state index contributed by atoms with van der Waals surface area (Å²) in [6.45, 7) is 2.66. The predicted molar refractivity (Wildman–Crippen MR) is 134 cm³/mol. The summed E-state index contributed by atoms with van der Waals surface area (Å²) in [7, 11) is 3.18. The summed E-state index contributed by atoms with van der Waals surface area (Å²) in [5.74, 6) is 2.15. The number of carbonyl (C=O) groups excluding carboxylic acids is 1. The van der Waals surface area contributed by atoms with E-state index in [4.69, 9.17) is 18.9 Å². The van der Waals surface area contributed by atoms with Gasteiger partial charge in [0.1, 0.15) is 35.7 Å². The fraction of sp³-hybridized carbons (Fsp3) is 0.345. The number of alkyl halides is 1. The summed E-state index contributed by atoms with van der Waals surface area (Å²) in [6.07, 6.45) is -0.515. The number of hydrogen-bond acceptors (Lipinski definition) is 6. The number of benzene rings is 3. The van der Waals surface area contributed by atoms with Crippen LogP contribution in [0.5, 0.6) is 23.0 Å². The van der Waals surface area contributed by atoms with Crippen LogP contribution in [0, 0.1) is 5.92 Å². The molecule has 2 atom stereocenters. The molecule has 2 heterocycles. The van der Waals surface area contributed by atoms with Crippen LogP contribution in [0.1, 0.15) is 33.5 Å². The fourth-order valence-electron chi connectivity index (χ4n) is 4.87. The molecule has 0 amide bonds. The highest BCUT2D eigenvalue weighted by Gasteiger charge is 2.39. The van der Waals surface area contributed by atoms with Gasteiger partial charge >= 0.3 is 0 Å². The topological polar surface area (TPSA) is 57.2 Å². The maximum atomic E-state index is 13.8. The highest BCUT2D eigenvalue weighted by molar-refractivity contribution is 6.05. The average Bonchev–Trinajstić information content (AvgIpc) is 2.90. The molecule has 2 aliphatic heterocycles. The molecular formula is C29H30FNO5. The highest BCUT2D eigenvalue weighted by Crippen LogP contribution is 2.45. The molecular weight excluding hydrogens is 461 g/mol. The van der Waals surface area contributed by atoms with E-state index in [9.17, 15) is 9.18 Å². The first-order valence-corrected chi connectivity index (χ1v) is 12.1. The van der Waals surface area contributed by atoms with Gasteiger partial charge < -0.3 is 18.9 Å². The lowest BCUT2D eigenvalue weighted by Crippen LogP contribution is -2.49. The van der Waals surface area contributed by atoms with Gasteiger partial charge in [0.2, 0.25) is 0 Å². The number of ketones is 1. The van der Waals surface area contributed by atoms with Gasteiger partial charge in [-0.1, -0.05) is 24.3 Å². The van der Waals surface area contributed by atoms with E-state index in [-0.39, 0.29) is 18.4 Å². The minimum atomic E-state index is -0.554. The zero-order valence-corrected chi connectivity index (χ0v) is 20.5. The van der Waals surface area contributed by atoms with Crippen LogP contribution in [-0.2, 0) is 0 Å². The van der Waals surface area contributed by atoms with E-state index in [1.165, 1.54) is 0 Å². The number of halogens is 1. The Labute approximate surface area is 210 Å². The zero-order valence-electron chi connectivity index (χ0n) is 20.5. The van der Waals surface area contributed by atoms with E-state index in [1.54, 1.807) is 32.4 Å². The van der Waals surface area contributed by atoms with E-state index in [0.717, 1.165) is 36.5 Å². The standard InChI is InChI=1S/C29H30FNO5/c1-33-23-5-3-4-21(14-23)27-28(32)25-15-24(34-2)10-11-26(25)36-29(27)20-6-8-22(9-7-20)35-13-12-31-17-19(16-30)18-31/h3-11,14-15,19,27,29H,12-13,16-18H2,1-2H3. The Bertz CT molecular complexity index is 1210. The Morgan fingerprint density at radius 1 is 0.917 bits per heavy atom. The van der Waals surface area contributed by atoms with E-state index in [2.05, 4.69) is 4.90 Å². The number of hydrogen-bond donors (Lipinski definition) is 0. The number of ether oxygens (including phenoxy) is 4. The summed E-state index contributed by atoms with van der Waals surface area (Å²) in [6, 6.07) is 20.5. The normalized spacial score (nSPS) is 19.7. The number of methoxy groups -OCH3 is 2. The summed E-state index contributed by atoms with van der Waals surface area (Å²) in [5, 5.41) is 0. The van der Waals surface area contributed by atoms with Crippen LogP contribution in [0.2, 0.25) is 0 Å². The maximum Gasteiger partial charge on any atom is 0.178 e. The summed E-state index contributed by atoms with van der Waals surface area (Å²) in [4.78, 5) is 16.0. The smallest absolute Gasteiger partial charge is 0.178 e. The Balaban J connectivity index is 1.37. The molecule has 0 radical (unpaired) electrons. The minimum Gasteiger partial charge on any atom is -0.497 e. The average molecular weight is 492 g/mol. The summed E-state index contributed by atoms with van der Waals surface area (Å²) >= 11 is 0. The van der Waals surface area contributed by atoms with Crippen molar-refractivity contribution in [3.05, 3.63) is 83.4 Å². The molecule has 0 saturated carbocycles. The summed E-state index contributed by atoms with van der Waals surface area (Å²) in [5.41, 5.74) is 2.19. The molecule has 0 spiro atoms. The van der Waals surface area contributed by atoms with Crippen molar-refractivity contribution >= 4 is 5.78 Å². The molecule has 1 saturated heterocycles. The largest absolute Gasteiger partial charge is 0.497 e. The molecule has 5 rings (SSSR count). The number of Topliss-reactive ketones (excluding diaryl/α,β-unsaturated/α-hetero) is 1. The van der Waals surface area contributed by atoms with Gasteiger partial charge in [-0.05, 0) is 53.6 Å². The van der Waals surface area contributed by atoms with Gasteiger partial charge in [0.05, 0.1) is 32.4 Å². The van der Waals surface area contributed by atoms with Crippen LogP contribution in [0.15, 0.2) is 66.7 Å². The van der Waals surface area contributed by atoms with Gasteiger partial charge in [-0.25, -0.2) is 0 Å². The molecule has 36 heavy (non-hydrogen) atoms. The molecule has 6 nitrogen and oxygen atoms in total. The van der Waals surface area contributed by atoms with Crippen LogP contribution in [-0.4, -0.2) is 57.8 Å². The second-order valence-electron chi connectivity index (χ2n) is 9.22. The van der Waals surface area contributed by atoms with Gasteiger partial charge in [0.15, 0.2) is 5.78 Å². The van der Waals surface area contributed by atoms with Crippen molar-refractivity contribution in [1.29, 1.82) is 0 Å². The van der Waals surface area contributed by atoms with E-state index in [1.807, 2.05) is 48.5 Å². The lowest BCUT2D eigenvalue weighted by Gasteiger charge is -2.37. The first-order valence-electron chi connectivity index (χ1n) is 12.1. The van der Waals surface area contributed by atoms with Crippen LogP contribution < -0.4 is 18.9 Å². The first kappa shape index (κ1) is 24.1. The molecule has 2 unspecified atom stereocenters. The van der Waals surface area contributed by atoms with E-state index >= 15 is 0 Å². The fourth-order valence-corrected chi connectivity index (χ4v) is 4.87. The predicted octanol–water partition coefficient (Wildman–Crippen LogP) is 5.08. The zero-order chi connectivity index (χ0) is 25.1. The molecule has 7 heteroatoms. The van der Waals surface area contributed by atoms with Crippen molar-refractivity contribution in [2.75, 3.05) is 47.1 Å². The van der Waals surface area contributed by atoms with Gasteiger partial charge in [-0.2, -0.15) is 0 Å². The molecule has 0 aromatic heterocycles. The van der Waals surface area contributed by atoms with Crippen molar-refractivity contribution in [2.45, 2.75) is 12.0 Å². The third-order valence-corrected chi connectivity index (χ3v) is 6.88. The number of likely N-dealkylation sites (tertiary alicyclic amines) is 1. The summed E-state index contributed by atoms with van der Waals surface area (Å²) < 4.78 is 35.7. The van der Waals surface area contributed by atoms with E-state index in [0.29, 0.717) is 29.4 Å². The highest BCUT2D eigenvalue weighted by atomic mass is 19.1. The SMILES string of the molecule is COc1cccc(C2C(=O)c3cc(OC)ccc3OC2c2ccc(OCCN3CC(CF)C3)cc2)c1. The van der Waals surface area contributed by atoms with Crippen molar-refractivity contribution in [3.8, 4) is 23.0 Å². The van der Waals surface area contributed by atoms with Gasteiger partial charge in [-0.3, -0.25) is 14.1 Å². The van der Waals surface area contributed by atoms with Crippen LogP contribution in [0.3, 0.4) is 0 Å². The second kappa shape index (κ2) is 10.6. The Morgan fingerprint density at radius 2 is 1.64 bits per heavy atom. The van der Waals surface area contributed by atoms with Crippen LogP contribution >= 0.6 is 0 Å². The monoisotopic (exact) mass is 491 g/mol. The van der Waals surface area contributed by atoms with Crippen molar-refractivity contribution in [2.24, 2.45) is 5.92 Å². The molecule has 188 valence electrons. The molecule has 2 aliphatic rings.